The lowest BCUT2D eigenvalue weighted by Crippen LogP contribution is -2.12. The van der Waals surface area contributed by atoms with Crippen LogP contribution in [0.1, 0.15) is 16.1 Å². The summed E-state index contributed by atoms with van der Waals surface area (Å²) >= 11 is 0. The fourth-order valence-electron chi connectivity index (χ4n) is 1.55. The van der Waals surface area contributed by atoms with Crippen molar-refractivity contribution in [2.75, 3.05) is 11.9 Å². The first-order chi connectivity index (χ1) is 8.29. The van der Waals surface area contributed by atoms with Gasteiger partial charge in [0.25, 0.3) is 5.91 Å². The van der Waals surface area contributed by atoms with Gasteiger partial charge in [0.15, 0.2) is 0 Å². The first-order valence-electron chi connectivity index (χ1n) is 5.44. The third kappa shape index (κ3) is 2.95. The zero-order valence-electron chi connectivity index (χ0n) is 9.31. The minimum absolute atomic E-state index is 0.133. The summed E-state index contributed by atoms with van der Waals surface area (Å²) in [5.74, 6) is -0.162. The van der Waals surface area contributed by atoms with E-state index < -0.39 is 0 Å². The van der Waals surface area contributed by atoms with Crippen molar-refractivity contribution in [2.45, 2.75) is 6.42 Å². The second-order valence-corrected chi connectivity index (χ2v) is 3.71. The van der Waals surface area contributed by atoms with E-state index in [2.05, 4.69) is 10.3 Å². The fourth-order valence-corrected chi connectivity index (χ4v) is 1.55. The maximum atomic E-state index is 11.7. The van der Waals surface area contributed by atoms with Gasteiger partial charge in [-0.2, -0.15) is 0 Å². The molecule has 1 aromatic heterocycles. The molecule has 1 heterocycles. The van der Waals surface area contributed by atoms with Crippen LogP contribution in [0.5, 0.6) is 0 Å². The fraction of sp³-hybridized carbons (Fsp3) is 0.154. The van der Waals surface area contributed by atoms with E-state index in [1.54, 1.807) is 18.3 Å². The number of anilines is 1. The van der Waals surface area contributed by atoms with E-state index in [-0.39, 0.29) is 12.5 Å². The maximum Gasteiger partial charge on any atom is 0.272 e. The third-order valence-electron chi connectivity index (χ3n) is 2.45. The molecule has 0 unspecified atom stereocenters. The van der Waals surface area contributed by atoms with Crippen molar-refractivity contribution < 1.29 is 9.90 Å². The number of carbonyl (C=O) groups excluding carboxylic acids is 1. The standard InChI is InChI=1S/C13H14N2O2/c16-9-7-10-3-5-11(6-4-10)15-13(17)12-2-1-8-14-12/h1-6,8,14,16H,7,9H2,(H,15,17). The molecule has 0 atom stereocenters. The highest BCUT2D eigenvalue weighted by molar-refractivity contribution is 6.02. The van der Waals surface area contributed by atoms with E-state index in [9.17, 15) is 4.79 Å². The minimum atomic E-state index is -0.162. The zero-order valence-corrected chi connectivity index (χ0v) is 9.31. The summed E-state index contributed by atoms with van der Waals surface area (Å²) in [5, 5.41) is 11.6. The van der Waals surface area contributed by atoms with Crippen LogP contribution in [0.4, 0.5) is 5.69 Å². The van der Waals surface area contributed by atoms with Gasteiger partial charge in [0, 0.05) is 18.5 Å². The Kier molecular flexibility index (Phi) is 3.57. The van der Waals surface area contributed by atoms with Crippen LogP contribution in [0.15, 0.2) is 42.6 Å². The Morgan fingerprint density at radius 2 is 2.00 bits per heavy atom. The van der Waals surface area contributed by atoms with Gasteiger partial charge in [0.05, 0.1) is 0 Å². The Hall–Kier alpha value is -2.07. The van der Waals surface area contributed by atoms with E-state index >= 15 is 0 Å². The molecule has 17 heavy (non-hydrogen) atoms. The van der Waals surface area contributed by atoms with E-state index in [1.807, 2.05) is 24.3 Å². The van der Waals surface area contributed by atoms with Gasteiger partial charge in [-0.15, -0.1) is 0 Å². The normalized spacial score (nSPS) is 10.2. The van der Waals surface area contributed by atoms with E-state index in [0.717, 1.165) is 11.3 Å². The van der Waals surface area contributed by atoms with Crippen molar-refractivity contribution in [1.82, 2.24) is 4.98 Å². The van der Waals surface area contributed by atoms with Crippen LogP contribution in [0.25, 0.3) is 0 Å². The molecule has 0 spiro atoms. The molecule has 88 valence electrons. The van der Waals surface area contributed by atoms with Gasteiger partial charge >= 0.3 is 0 Å². The second-order valence-electron chi connectivity index (χ2n) is 3.71. The topological polar surface area (TPSA) is 65.1 Å². The van der Waals surface area contributed by atoms with Crippen LogP contribution < -0.4 is 5.32 Å². The number of aliphatic hydroxyl groups excluding tert-OH is 1. The molecule has 1 amide bonds. The van der Waals surface area contributed by atoms with Crippen LogP contribution in [-0.4, -0.2) is 22.6 Å². The first-order valence-corrected chi connectivity index (χ1v) is 5.44. The molecule has 0 saturated heterocycles. The van der Waals surface area contributed by atoms with Crippen molar-refractivity contribution in [1.29, 1.82) is 0 Å². The summed E-state index contributed by atoms with van der Waals surface area (Å²) in [6, 6.07) is 10.9. The number of benzene rings is 1. The molecule has 1 aromatic carbocycles. The highest BCUT2D eigenvalue weighted by Gasteiger charge is 2.05. The second kappa shape index (κ2) is 5.32. The van der Waals surface area contributed by atoms with Crippen LogP contribution in [0.2, 0.25) is 0 Å². The molecule has 0 aliphatic rings. The van der Waals surface area contributed by atoms with Crippen molar-refractivity contribution in [3.8, 4) is 0 Å². The van der Waals surface area contributed by atoms with Gasteiger partial charge in [-0.1, -0.05) is 12.1 Å². The molecular formula is C13H14N2O2. The Bertz CT molecular complexity index is 475. The largest absolute Gasteiger partial charge is 0.396 e. The lowest BCUT2D eigenvalue weighted by Gasteiger charge is -2.05. The SMILES string of the molecule is O=C(Nc1ccc(CCO)cc1)c1ccc[nH]1. The monoisotopic (exact) mass is 230 g/mol. The lowest BCUT2D eigenvalue weighted by molar-refractivity contribution is 0.102. The van der Waals surface area contributed by atoms with Gasteiger partial charge in [-0.25, -0.2) is 0 Å². The van der Waals surface area contributed by atoms with Gasteiger partial charge in [-0.05, 0) is 36.2 Å². The van der Waals surface area contributed by atoms with Crippen molar-refractivity contribution in [2.24, 2.45) is 0 Å². The van der Waals surface area contributed by atoms with Gasteiger partial charge < -0.3 is 15.4 Å². The molecule has 0 bridgehead atoms. The molecule has 0 aliphatic heterocycles. The summed E-state index contributed by atoms with van der Waals surface area (Å²) in [4.78, 5) is 14.5. The highest BCUT2D eigenvalue weighted by atomic mass is 16.2. The molecular weight excluding hydrogens is 216 g/mol. The molecule has 2 rings (SSSR count). The summed E-state index contributed by atoms with van der Waals surface area (Å²) in [6.45, 7) is 0.133. The van der Waals surface area contributed by atoms with E-state index in [0.29, 0.717) is 12.1 Å². The number of H-pyrrole nitrogens is 1. The zero-order chi connectivity index (χ0) is 12.1. The first kappa shape index (κ1) is 11.4. The number of nitrogens with one attached hydrogen (secondary N) is 2. The molecule has 0 saturated carbocycles. The quantitative estimate of drug-likeness (QED) is 0.749. The van der Waals surface area contributed by atoms with Gasteiger partial charge in [0.1, 0.15) is 5.69 Å². The molecule has 4 heteroatoms. The lowest BCUT2D eigenvalue weighted by atomic mass is 10.1. The van der Waals surface area contributed by atoms with Gasteiger partial charge in [-0.3, -0.25) is 4.79 Å². The number of hydrogen-bond acceptors (Lipinski definition) is 2. The van der Waals surface area contributed by atoms with Crippen LogP contribution >= 0.6 is 0 Å². The number of aromatic amines is 1. The number of carbonyl (C=O) groups is 1. The van der Waals surface area contributed by atoms with Crippen molar-refractivity contribution >= 4 is 11.6 Å². The van der Waals surface area contributed by atoms with Gasteiger partial charge in [0.2, 0.25) is 0 Å². The third-order valence-corrected chi connectivity index (χ3v) is 2.45. The number of amides is 1. The number of aromatic nitrogens is 1. The summed E-state index contributed by atoms with van der Waals surface area (Å²) in [6.07, 6.45) is 2.34. The van der Waals surface area contributed by atoms with Crippen molar-refractivity contribution in [3.63, 3.8) is 0 Å². The molecule has 4 nitrogen and oxygen atoms in total. The Balaban J connectivity index is 2.01. The predicted octanol–water partition coefficient (Wildman–Crippen LogP) is 1.80. The van der Waals surface area contributed by atoms with Crippen LogP contribution in [0, 0.1) is 0 Å². The highest BCUT2D eigenvalue weighted by Crippen LogP contribution is 2.11. The Labute approximate surface area is 99.3 Å². The van der Waals surface area contributed by atoms with E-state index in [1.165, 1.54) is 0 Å². The van der Waals surface area contributed by atoms with E-state index in [4.69, 9.17) is 5.11 Å². The molecule has 2 aromatic rings. The molecule has 0 aliphatic carbocycles. The minimum Gasteiger partial charge on any atom is -0.396 e. The number of aliphatic hydroxyl groups is 1. The molecule has 3 N–H and O–H groups in total. The molecule has 0 radical (unpaired) electrons. The number of hydrogen-bond donors (Lipinski definition) is 3. The average molecular weight is 230 g/mol. The van der Waals surface area contributed by atoms with Crippen LogP contribution in [-0.2, 0) is 6.42 Å². The summed E-state index contributed by atoms with van der Waals surface area (Å²) in [5.41, 5.74) is 2.32. The average Bonchev–Trinajstić information content (AvgIpc) is 2.86. The number of rotatable bonds is 4. The van der Waals surface area contributed by atoms with Crippen molar-refractivity contribution in [3.05, 3.63) is 53.9 Å². The summed E-state index contributed by atoms with van der Waals surface area (Å²) in [7, 11) is 0. The molecule has 0 fully saturated rings. The predicted molar refractivity (Wildman–Crippen MR) is 66.0 cm³/mol. The Morgan fingerprint density at radius 1 is 1.24 bits per heavy atom. The smallest absolute Gasteiger partial charge is 0.272 e. The Morgan fingerprint density at radius 3 is 2.59 bits per heavy atom. The van der Waals surface area contributed by atoms with Crippen LogP contribution in [0.3, 0.4) is 0 Å². The summed E-state index contributed by atoms with van der Waals surface area (Å²) < 4.78 is 0. The maximum absolute atomic E-state index is 11.7.